The normalized spacial score (nSPS) is 23.0. The Morgan fingerprint density at radius 3 is 2.68 bits per heavy atom. The van der Waals surface area contributed by atoms with Crippen molar-refractivity contribution < 1.29 is 9.84 Å². The van der Waals surface area contributed by atoms with Crippen LogP contribution in [0.25, 0.3) is 0 Å². The van der Waals surface area contributed by atoms with Gasteiger partial charge in [0.25, 0.3) is 0 Å². The molecule has 104 valence electrons. The lowest BCUT2D eigenvalue weighted by atomic mass is 9.88. The van der Waals surface area contributed by atoms with E-state index >= 15 is 0 Å². The molecule has 1 aromatic heterocycles. The van der Waals surface area contributed by atoms with Crippen molar-refractivity contribution in [3.05, 3.63) is 29.6 Å². The van der Waals surface area contributed by atoms with Crippen LogP contribution in [0.5, 0.6) is 0 Å². The molecule has 0 unspecified atom stereocenters. The maximum atomic E-state index is 9.00. The monoisotopic (exact) mass is 262 g/mol. The predicted molar refractivity (Wildman–Crippen MR) is 72.6 cm³/mol. The Kier molecular flexibility index (Phi) is 3.82. The molecular weight excluding hydrogens is 240 g/mol. The number of nitrogens with zero attached hydrogens (tertiary/aromatic N) is 2. The topological polar surface area (TPSA) is 45.6 Å². The van der Waals surface area contributed by atoms with E-state index in [1.807, 2.05) is 12.1 Å². The first-order valence-corrected chi connectivity index (χ1v) is 7.21. The number of piperidine rings is 1. The van der Waals surface area contributed by atoms with Gasteiger partial charge < -0.3 is 9.84 Å². The number of hydrogen-bond donors (Lipinski definition) is 1. The van der Waals surface area contributed by atoms with Gasteiger partial charge in [-0.1, -0.05) is 6.07 Å². The van der Waals surface area contributed by atoms with Crippen molar-refractivity contribution >= 4 is 0 Å². The van der Waals surface area contributed by atoms with E-state index < -0.39 is 0 Å². The van der Waals surface area contributed by atoms with Crippen LogP contribution in [0.4, 0.5) is 0 Å². The van der Waals surface area contributed by atoms with Crippen molar-refractivity contribution in [1.29, 1.82) is 0 Å². The lowest BCUT2D eigenvalue weighted by molar-refractivity contribution is -0.0449. The van der Waals surface area contributed by atoms with Gasteiger partial charge in [0.05, 0.1) is 17.9 Å². The van der Waals surface area contributed by atoms with E-state index in [4.69, 9.17) is 9.84 Å². The first-order chi connectivity index (χ1) is 9.30. The summed E-state index contributed by atoms with van der Waals surface area (Å²) in [6, 6.07) is 3.97. The molecule has 4 heteroatoms. The number of hydrogen-bond acceptors (Lipinski definition) is 4. The van der Waals surface area contributed by atoms with E-state index in [9.17, 15) is 0 Å². The number of rotatable bonds is 3. The molecule has 1 spiro atoms. The third-order valence-electron chi connectivity index (χ3n) is 4.41. The summed E-state index contributed by atoms with van der Waals surface area (Å²) in [5, 5.41) is 9.00. The molecule has 2 aliphatic rings. The molecule has 1 N–H and O–H groups in total. The van der Waals surface area contributed by atoms with Crippen LogP contribution in [0.1, 0.15) is 36.9 Å². The van der Waals surface area contributed by atoms with Crippen LogP contribution in [-0.4, -0.2) is 40.3 Å². The highest BCUT2D eigenvalue weighted by molar-refractivity contribution is 5.13. The average molecular weight is 262 g/mol. The molecule has 0 saturated carbocycles. The maximum Gasteiger partial charge on any atom is 0.0707 e. The highest BCUT2D eigenvalue weighted by Gasteiger charge is 2.38. The molecule has 1 aromatic rings. The summed E-state index contributed by atoms with van der Waals surface area (Å²) in [7, 11) is 0. The standard InChI is InChI=1S/C15H22N2O2/c18-12-13-2-3-14(16-10-13)11-17-7-5-15(6-8-17)4-1-9-19-15/h2-3,10,18H,1,4-9,11-12H2. The number of aliphatic hydroxyl groups excluding tert-OH is 1. The van der Waals surface area contributed by atoms with Gasteiger partial charge in [0.15, 0.2) is 0 Å². The SMILES string of the molecule is OCc1ccc(CN2CCC3(CCCO3)CC2)nc1. The Bertz CT molecular complexity index is 403. The third kappa shape index (κ3) is 2.96. The largest absolute Gasteiger partial charge is 0.392 e. The zero-order valence-corrected chi connectivity index (χ0v) is 11.3. The van der Waals surface area contributed by atoms with Crippen molar-refractivity contribution in [2.75, 3.05) is 19.7 Å². The molecule has 2 saturated heterocycles. The molecule has 19 heavy (non-hydrogen) atoms. The molecule has 0 radical (unpaired) electrons. The molecule has 0 aliphatic carbocycles. The molecule has 2 fully saturated rings. The second kappa shape index (κ2) is 5.57. The number of aromatic nitrogens is 1. The van der Waals surface area contributed by atoms with Gasteiger partial charge in [-0.05, 0) is 37.3 Å². The summed E-state index contributed by atoms with van der Waals surface area (Å²) >= 11 is 0. The van der Waals surface area contributed by atoms with Crippen LogP contribution in [0.15, 0.2) is 18.3 Å². The second-order valence-corrected chi connectivity index (χ2v) is 5.73. The van der Waals surface area contributed by atoms with Crippen LogP contribution in [0.3, 0.4) is 0 Å². The van der Waals surface area contributed by atoms with E-state index in [1.54, 1.807) is 6.20 Å². The fourth-order valence-electron chi connectivity index (χ4n) is 3.14. The van der Waals surface area contributed by atoms with Gasteiger partial charge in [-0.25, -0.2) is 0 Å². The zero-order valence-electron chi connectivity index (χ0n) is 11.3. The Hall–Kier alpha value is -0.970. The Labute approximate surface area is 114 Å². The lowest BCUT2D eigenvalue weighted by Gasteiger charge is -2.38. The van der Waals surface area contributed by atoms with Crippen LogP contribution in [0.2, 0.25) is 0 Å². The van der Waals surface area contributed by atoms with Crippen molar-refractivity contribution in [3.8, 4) is 0 Å². The number of pyridine rings is 1. The highest BCUT2D eigenvalue weighted by Crippen LogP contribution is 2.35. The summed E-state index contributed by atoms with van der Waals surface area (Å²) in [6.45, 7) is 4.12. The molecule has 0 bridgehead atoms. The van der Waals surface area contributed by atoms with Gasteiger partial charge in [0, 0.05) is 32.4 Å². The van der Waals surface area contributed by atoms with Gasteiger partial charge in [0.2, 0.25) is 0 Å². The van der Waals surface area contributed by atoms with Gasteiger partial charge in [0.1, 0.15) is 0 Å². The van der Waals surface area contributed by atoms with Crippen LogP contribution in [-0.2, 0) is 17.9 Å². The van der Waals surface area contributed by atoms with Crippen LogP contribution in [0, 0.1) is 0 Å². The van der Waals surface area contributed by atoms with Gasteiger partial charge >= 0.3 is 0 Å². The maximum absolute atomic E-state index is 9.00. The highest BCUT2D eigenvalue weighted by atomic mass is 16.5. The van der Waals surface area contributed by atoms with E-state index in [-0.39, 0.29) is 12.2 Å². The molecule has 0 amide bonds. The van der Waals surface area contributed by atoms with Gasteiger partial charge in [-0.2, -0.15) is 0 Å². The molecule has 3 rings (SSSR count). The van der Waals surface area contributed by atoms with Crippen molar-refractivity contribution in [2.24, 2.45) is 0 Å². The average Bonchev–Trinajstić information content (AvgIpc) is 2.91. The summed E-state index contributed by atoms with van der Waals surface area (Å²) in [5.74, 6) is 0. The van der Waals surface area contributed by atoms with Gasteiger partial charge in [-0.3, -0.25) is 9.88 Å². The minimum Gasteiger partial charge on any atom is -0.392 e. The van der Waals surface area contributed by atoms with Crippen LogP contribution < -0.4 is 0 Å². The fourth-order valence-corrected chi connectivity index (χ4v) is 3.14. The van der Waals surface area contributed by atoms with Crippen LogP contribution >= 0.6 is 0 Å². The van der Waals surface area contributed by atoms with E-state index in [1.165, 1.54) is 12.8 Å². The molecule has 2 aliphatic heterocycles. The molecular formula is C15H22N2O2. The molecule has 0 atom stereocenters. The van der Waals surface area contributed by atoms with Crippen molar-refractivity contribution in [3.63, 3.8) is 0 Å². The van der Waals surface area contributed by atoms with E-state index in [0.29, 0.717) is 0 Å². The summed E-state index contributed by atoms with van der Waals surface area (Å²) in [4.78, 5) is 6.85. The quantitative estimate of drug-likeness (QED) is 0.901. The Balaban J connectivity index is 1.53. The summed E-state index contributed by atoms with van der Waals surface area (Å²) in [5.41, 5.74) is 2.16. The first kappa shape index (κ1) is 13.0. The number of ether oxygens (including phenoxy) is 1. The summed E-state index contributed by atoms with van der Waals surface area (Å²) < 4.78 is 5.94. The molecule has 0 aromatic carbocycles. The zero-order chi connectivity index (χ0) is 13.1. The van der Waals surface area contributed by atoms with Crippen molar-refractivity contribution in [1.82, 2.24) is 9.88 Å². The summed E-state index contributed by atoms with van der Waals surface area (Å²) in [6.07, 6.45) is 6.54. The molecule has 3 heterocycles. The predicted octanol–water partition coefficient (Wildman–Crippen LogP) is 1.72. The van der Waals surface area contributed by atoms with E-state index in [0.717, 1.165) is 50.3 Å². The van der Waals surface area contributed by atoms with Crippen molar-refractivity contribution in [2.45, 2.75) is 44.4 Å². The lowest BCUT2D eigenvalue weighted by Crippen LogP contribution is -2.43. The molecule has 4 nitrogen and oxygen atoms in total. The second-order valence-electron chi connectivity index (χ2n) is 5.73. The fraction of sp³-hybridized carbons (Fsp3) is 0.667. The first-order valence-electron chi connectivity index (χ1n) is 7.21. The Morgan fingerprint density at radius 1 is 1.26 bits per heavy atom. The van der Waals surface area contributed by atoms with Gasteiger partial charge in [-0.15, -0.1) is 0 Å². The third-order valence-corrected chi connectivity index (χ3v) is 4.41. The minimum atomic E-state index is 0.0663. The smallest absolute Gasteiger partial charge is 0.0707 e. The number of likely N-dealkylation sites (tertiary alicyclic amines) is 1. The minimum absolute atomic E-state index is 0.0663. The van der Waals surface area contributed by atoms with E-state index in [2.05, 4.69) is 9.88 Å². The Morgan fingerprint density at radius 2 is 2.11 bits per heavy atom. The number of aliphatic hydroxyl groups is 1.